The van der Waals surface area contributed by atoms with Crippen molar-refractivity contribution in [3.63, 3.8) is 0 Å². The Morgan fingerprint density at radius 1 is 0.824 bits per heavy atom. The van der Waals surface area contributed by atoms with Crippen LogP contribution in [0.3, 0.4) is 0 Å². The number of carbonyl (C=O) groups is 1. The number of fused-ring (bicyclic) bond motifs is 1. The van der Waals surface area contributed by atoms with Crippen molar-refractivity contribution >= 4 is 28.2 Å². The minimum atomic E-state index is -0.222. The summed E-state index contributed by atoms with van der Waals surface area (Å²) in [6.45, 7) is 6.87. The first-order valence-corrected chi connectivity index (χ1v) is 12.2. The molecule has 34 heavy (non-hydrogen) atoms. The molecular weight excluding hydrogens is 431 g/mol. The number of aromatic nitrogens is 2. The monoisotopic (exact) mass is 462 g/mol. The van der Waals surface area contributed by atoms with Gasteiger partial charge in [0.1, 0.15) is 5.82 Å². The average molecular weight is 463 g/mol. The predicted octanol–water partition coefficient (Wildman–Crippen LogP) is 3.31. The van der Waals surface area contributed by atoms with E-state index in [-0.39, 0.29) is 11.7 Å². The molecule has 0 aliphatic carbocycles. The first kappa shape index (κ1) is 22.5. The van der Waals surface area contributed by atoms with Crippen LogP contribution in [0, 0.1) is 5.82 Å². The molecule has 2 aliphatic rings. The number of hydrogen-bond donors (Lipinski definition) is 1. The van der Waals surface area contributed by atoms with Crippen LogP contribution >= 0.6 is 0 Å². The Balaban J connectivity index is 1.27. The van der Waals surface area contributed by atoms with E-state index in [0.717, 1.165) is 68.1 Å². The molecular formula is C26H31FN6O. The maximum atomic E-state index is 13.3. The van der Waals surface area contributed by atoms with Crippen LogP contribution in [0.5, 0.6) is 0 Å². The second-order valence-electron chi connectivity index (χ2n) is 9.03. The van der Waals surface area contributed by atoms with Crippen LogP contribution in [-0.4, -0.2) is 73.4 Å². The summed E-state index contributed by atoms with van der Waals surface area (Å²) in [5.74, 6) is 0.410. The quantitative estimate of drug-likeness (QED) is 0.607. The lowest BCUT2D eigenvalue weighted by Crippen LogP contribution is -2.47. The number of benzene rings is 2. The van der Waals surface area contributed by atoms with Gasteiger partial charge < -0.3 is 20.0 Å². The standard InChI is InChI=1S/C26H31FN6O/c27-20-8-10-21(11-9-20)32-16-18-33(19-17-32)25-23-7-3-2-6-22(23)24(29-30-25)26(34)28-12-15-31-13-4-1-5-14-31/h2-3,6-11H,1,4-5,12-19H2,(H,28,34). The summed E-state index contributed by atoms with van der Waals surface area (Å²) in [5, 5.41) is 13.7. The van der Waals surface area contributed by atoms with Gasteiger partial charge in [-0.05, 0) is 50.2 Å². The molecule has 0 spiro atoms. The van der Waals surface area contributed by atoms with Gasteiger partial charge in [0.2, 0.25) is 0 Å². The number of anilines is 2. The van der Waals surface area contributed by atoms with Gasteiger partial charge >= 0.3 is 0 Å². The maximum absolute atomic E-state index is 13.3. The minimum absolute atomic E-state index is 0.173. The van der Waals surface area contributed by atoms with Gasteiger partial charge in [0.15, 0.2) is 11.5 Å². The second-order valence-corrected chi connectivity index (χ2v) is 9.03. The molecule has 1 aromatic heterocycles. The molecule has 5 rings (SSSR count). The van der Waals surface area contributed by atoms with Gasteiger partial charge in [-0.1, -0.05) is 30.7 Å². The number of carbonyl (C=O) groups excluding carboxylic acids is 1. The molecule has 0 atom stereocenters. The Labute approximate surface area is 199 Å². The number of amides is 1. The summed E-state index contributed by atoms with van der Waals surface area (Å²) in [4.78, 5) is 19.8. The third kappa shape index (κ3) is 4.97. The highest BCUT2D eigenvalue weighted by atomic mass is 19.1. The van der Waals surface area contributed by atoms with Crippen LogP contribution < -0.4 is 15.1 Å². The van der Waals surface area contributed by atoms with E-state index < -0.39 is 0 Å². The second kappa shape index (κ2) is 10.3. The van der Waals surface area contributed by atoms with Crippen molar-refractivity contribution in [1.29, 1.82) is 0 Å². The van der Waals surface area contributed by atoms with E-state index in [0.29, 0.717) is 12.2 Å². The summed E-state index contributed by atoms with van der Waals surface area (Å²) in [6.07, 6.45) is 3.78. The molecule has 3 heterocycles. The van der Waals surface area contributed by atoms with Gasteiger partial charge in [0.25, 0.3) is 5.91 Å². The van der Waals surface area contributed by atoms with Crippen molar-refractivity contribution in [2.75, 3.05) is 62.2 Å². The number of nitrogens with one attached hydrogen (secondary N) is 1. The number of nitrogens with zero attached hydrogens (tertiary/aromatic N) is 5. The van der Waals surface area contributed by atoms with Gasteiger partial charge in [-0.2, -0.15) is 0 Å². The summed E-state index contributed by atoms with van der Waals surface area (Å²) in [6, 6.07) is 14.5. The Hall–Kier alpha value is -3.26. The number of likely N-dealkylation sites (tertiary alicyclic amines) is 1. The molecule has 2 aromatic carbocycles. The van der Waals surface area contributed by atoms with Gasteiger partial charge in [-0.25, -0.2) is 4.39 Å². The van der Waals surface area contributed by atoms with Crippen LogP contribution in [-0.2, 0) is 0 Å². The predicted molar refractivity (Wildman–Crippen MR) is 133 cm³/mol. The lowest BCUT2D eigenvalue weighted by molar-refractivity contribution is 0.0942. The molecule has 0 radical (unpaired) electrons. The van der Waals surface area contributed by atoms with E-state index in [2.05, 4.69) is 30.2 Å². The summed E-state index contributed by atoms with van der Waals surface area (Å²) in [5.41, 5.74) is 1.40. The fourth-order valence-electron chi connectivity index (χ4n) is 4.91. The summed E-state index contributed by atoms with van der Waals surface area (Å²) in [7, 11) is 0. The first-order valence-electron chi connectivity index (χ1n) is 12.2. The van der Waals surface area contributed by atoms with Crippen LogP contribution in [0.1, 0.15) is 29.8 Å². The van der Waals surface area contributed by atoms with Gasteiger partial charge in [-0.3, -0.25) is 4.79 Å². The molecule has 2 fully saturated rings. The van der Waals surface area contributed by atoms with Gasteiger partial charge in [0.05, 0.1) is 0 Å². The van der Waals surface area contributed by atoms with Crippen molar-refractivity contribution < 1.29 is 9.18 Å². The van der Waals surface area contributed by atoms with E-state index in [1.165, 1.54) is 31.4 Å². The SMILES string of the molecule is O=C(NCCN1CCCCC1)c1nnc(N2CCN(c3ccc(F)cc3)CC2)c2ccccc12. The van der Waals surface area contributed by atoms with Crippen molar-refractivity contribution in [3.05, 3.63) is 60.0 Å². The van der Waals surface area contributed by atoms with Gasteiger partial charge in [-0.15, -0.1) is 10.2 Å². The van der Waals surface area contributed by atoms with Crippen LogP contribution in [0.2, 0.25) is 0 Å². The zero-order valence-corrected chi connectivity index (χ0v) is 19.4. The molecule has 178 valence electrons. The highest BCUT2D eigenvalue weighted by molar-refractivity contribution is 6.07. The smallest absolute Gasteiger partial charge is 0.272 e. The van der Waals surface area contributed by atoms with Crippen molar-refractivity contribution in [1.82, 2.24) is 20.4 Å². The number of piperazine rings is 1. The summed E-state index contributed by atoms with van der Waals surface area (Å²) >= 11 is 0. The molecule has 1 amide bonds. The fourth-order valence-corrected chi connectivity index (χ4v) is 4.91. The molecule has 2 saturated heterocycles. The van der Waals surface area contributed by atoms with E-state index in [1.54, 1.807) is 0 Å². The Morgan fingerprint density at radius 2 is 1.50 bits per heavy atom. The van der Waals surface area contributed by atoms with E-state index >= 15 is 0 Å². The Kier molecular flexibility index (Phi) is 6.85. The first-order chi connectivity index (χ1) is 16.7. The number of piperidine rings is 1. The normalized spacial score (nSPS) is 17.2. The average Bonchev–Trinajstić information content (AvgIpc) is 2.89. The van der Waals surface area contributed by atoms with E-state index in [4.69, 9.17) is 0 Å². The van der Waals surface area contributed by atoms with Crippen molar-refractivity contribution in [2.45, 2.75) is 19.3 Å². The number of halogens is 1. The summed E-state index contributed by atoms with van der Waals surface area (Å²) < 4.78 is 13.3. The molecule has 7 nitrogen and oxygen atoms in total. The van der Waals surface area contributed by atoms with Crippen molar-refractivity contribution in [2.24, 2.45) is 0 Å². The lowest BCUT2D eigenvalue weighted by Gasteiger charge is -2.37. The molecule has 0 unspecified atom stereocenters. The fraction of sp³-hybridized carbons (Fsp3) is 0.423. The molecule has 3 aromatic rings. The largest absolute Gasteiger partial charge is 0.368 e. The van der Waals surface area contributed by atoms with E-state index in [1.807, 2.05) is 36.4 Å². The van der Waals surface area contributed by atoms with Crippen LogP contribution in [0.4, 0.5) is 15.9 Å². The Morgan fingerprint density at radius 3 is 2.24 bits per heavy atom. The molecule has 0 saturated carbocycles. The lowest BCUT2D eigenvalue weighted by atomic mass is 10.1. The maximum Gasteiger partial charge on any atom is 0.272 e. The number of hydrogen-bond acceptors (Lipinski definition) is 6. The molecule has 0 bridgehead atoms. The highest BCUT2D eigenvalue weighted by Crippen LogP contribution is 2.27. The third-order valence-electron chi connectivity index (χ3n) is 6.82. The zero-order valence-electron chi connectivity index (χ0n) is 19.4. The zero-order chi connectivity index (χ0) is 23.3. The van der Waals surface area contributed by atoms with Crippen LogP contribution in [0.25, 0.3) is 10.8 Å². The van der Waals surface area contributed by atoms with E-state index in [9.17, 15) is 9.18 Å². The topological polar surface area (TPSA) is 64.6 Å². The molecule has 8 heteroatoms. The van der Waals surface area contributed by atoms with Crippen LogP contribution in [0.15, 0.2) is 48.5 Å². The van der Waals surface area contributed by atoms with Crippen molar-refractivity contribution in [3.8, 4) is 0 Å². The molecule has 2 aliphatic heterocycles. The molecule has 1 N–H and O–H groups in total. The number of rotatable bonds is 6. The van der Waals surface area contributed by atoms with Gasteiger partial charge in [0, 0.05) is 55.7 Å². The highest BCUT2D eigenvalue weighted by Gasteiger charge is 2.23. The third-order valence-corrected chi connectivity index (χ3v) is 6.82. The Bertz CT molecular complexity index is 1120. The minimum Gasteiger partial charge on any atom is -0.368 e.